The van der Waals surface area contributed by atoms with Crippen LogP contribution < -0.4 is 5.32 Å². The van der Waals surface area contributed by atoms with Gasteiger partial charge >= 0.3 is 0 Å². The fourth-order valence-corrected chi connectivity index (χ4v) is 2.09. The molecule has 0 saturated carbocycles. The lowest BCUT2D eigenvalue weighted by Gasteiger charge is -2.24. The molecule has 15 heavy (non-hydrogen) atoms. The van der Waals surface area contributed by atoms with Gasteiger partial charge in [0, 0.05) is 6.20 Å². The van der Waals surface area contributed by atoms with Gasteiger partial charge in [-0.3, -0.25) is 4.98 Å². The highest BCUT2D eigenvalue weighted by molar-refractivity contribution is 5.25. The molecule has 2 rings (SSSR count). The topological polar surface area (TPSA) is 24.9 Å². The van der Waals surface area contributed by atoms with Crippen molar-refractivity contribution < 1.29 is 8.78 Å². The monoisotopic (exact) mass is 212 g/mol. The van der Waals surface area contributed by atoms with Gasteiger partial charge < -0.3 is 5.32 Å². The summed E-state index contributed by atoms with van der Waals surface area (Å²) in [4.78, 5) is 3.78. The Morgan fingerprint density at radius 1 is 1.33 bits per heavy atom. The van der Waals surface area contributed by atoms with Crippen molar-refractivity contribution in [3.05, 3.63) is 29.6 Å². The lowest BCUT2D eigenvalue weighted by molar-refractivity contribution is 0.144. The predicted octanol–water partition coefficient (Wildman–Crippen LogP) is 2.49. The van der Waals surface area contributed by atoms with Gasteiger partial charge in [-0.1, -0.05) is 6.07 Å². The second kappa shape index (κ2) is 4.66. The predicted molar refractivity (Wildman–Crippen MR) is 54.0 cm³/mol. The van der Waals surface area contributed by atoms with Gasteiger partial charge in [0.25, 0.3) is 6.43 Å². The zero-order valence-electron chi connectivity index (χ0n) is 8.42. The van der Waals surface area contributed by atoms with Gasteiger partial charge in [0.2, 0.25) is 0 Å². The van der Waals surface area contributed by atoms with E-state index < -0.39 is 6.43 Å². The van der Waals surface area contributed by atoms with Crippen LogP contribution in [-0.2, 0) is 0 Å². The van der Waals surface area contributed by atoms with Crippen molar-refractivity contribution in [1.82, 2.24) is 10.3 Å². The summed E-state index contributed by atoms with van der Waals surface area (Å²) in [6, 6.07) is 3.52. The molecule has 0 aliphatic carbocycles. The van der Waals surface area contributed by atoms with Gasteiger partial charge in [-0.2, -0.15) is 0 Å². The summed E-state index contributed by atoms with van der Waals surface area (Å²) in [5.41, 5.74) is 0.693. The van der Waals surface area contributed by atoms with E-state index in [2.05, 4.69) is 10.3 Å². The van der Waals surface area contributed by atoms with E-state index in [9.17, 15) is 8.78 Å². The van der Waals surface area contributed by atoms with Crippen molar-refractivity contribution in [2.24, 2.45) is 0 Å². The number of pyridine rings is 1. The summed E-state index contributed by atoms with van der Waals surface area (Å²) < 4.78 is 25.4. The molecule has 1 aliphatic rings. The van der Waals surface area contributed by atoms with Crippen LogP contribution in [0.5, 0.6) is 0 Å². The number of halogens is 2. The molecular weight excluding hydrogens is 198 g/mol. The summed E-state index contributed by atoms with van der Waals surface area (Å²) in [5, 5.41) is 3.23. The Bertz CT molecular complexity index is 322. The highest BCUT2D eigenvalue weighted by atomic mass is 19.3. The lowest BCUT2D eigenvalue weighted by atomic mass is 9.89. The third-order valence-corrected chi connectivity index (χ3v) is 2.86. The lowest BCUT2D eigenvalue weighted by Crippen LogP contribution is -2.27. The van der Waals surface area contributed by atoms with Crippen LogP contribution in [0.1, 0.15) is 36.4 Å². The van der Waals surface area contributed by atoms with E-state index in [1.165, 1.54) is 6.20 Å². The summed E-state index contributed by atoms with van der Waals surface area (Å²) in [7, 11) is 0. The van der Waals surface area contributed by atoms with Gasteiger partial charge in [0.15, 0.2) is 0 Å². The minimum Gasteiger partial charge on any atom is -0.317 e. The van der Waals surface area contributed by atoms with E-state index in [1.807, 2.05) is 0 Å². The minimum atomic E-state index is -2.46. The van der Waals surface area contributed by atoms with Crippen LogP contribution in [0.15, 0.2) is 18.3 Å². The molecule has 0 aromatic carbocycles. The third-order valence-electron chi connectivity index (χ3n) is 2.86. The van der Waals surface area contributed by atoms with Gasteiger partial charge in [-0.25, -0.2) is 8.78 Å². The van der Waals surface area contributed by atoms with Crippen LogP contribution in [0.2, 0.25) is 0 Å². The summed E-state index contributed by atoms with van der Waals surface area (Å²) >= 11 is 0. The number of nitrogens with zero attached hydrogens (tertiary/aromatic N) is 1. The molecule has 82 valence electrons. The van der Waals surface area contributed by atoms with Crippen LogP contribution in [-0.4, -0.2) is 18.1 Å². The average molecular weight is 212 g/mol. The normalized spacial score (nSPS) is 18.3. The molecule has 0 spiro atoms. The molecule has 0 amide bonds. The van der Waals surface area contributed by atoms with Gasteiger partial charge in [0.1, 0.15) is 5.69 Å². The van der Waals surface area contributed by atoms with Crippen molar-refractivity contribution in [3.63, 3.8) is 0 Å². The van der Waals surface area contributed by atoms with Crippen LogP contribution in [0.4, 0.5) is 8.78 Å². The number of rotatable bonds is 2. The molecule has 1 aliphatic heterocycles. The summed E-state index contributed by atoms with van der Waals surface area (Å²) in [5.74, 6) is 0.240. The average Bonchev–Trinajstić information content (AvgIpc) is 2.30. The Morgan fingerprint density at radius 2 is 2.07 bits per heavy atom. The first-order valence-electron chi connectivity index (χ1n) is 5.22. The molecule has 1 saturated heterocycles. The van der Waals surface area contributed by atoms with E-state index in [0.717, 1.165) is 31.5 Å². The van der Waals surface area contributed by atoms with E-state index >= 15 is 0 Å². The maximum absolute atomic E-state index is 12.7. The van der Waals surface area contributed by atoms with Crippen LogP contribution in [0.25, 0.3) is 0 Å². The first-order valence-corrected chi connectivity index (χ1v) is 5.22. The van der Waals surface area contributed by atoms with Gasteiger partial charge in [-0.05, 0) is 43.5 Å². The number of piperidine rings is 1. The van der Waals surface area contributed by atoms with Crippen LogP contribution in [0, 0.1) is 0 Å². The minimum absolute atomic E-state index is 0.0376. The molecule has 0 unspecified atom stereocenters. The largest absolute Gasteiger partial charge is 0.317 e. The van der Waals surface area contributed by atoms with Crippen molar-refractivity contribution in [1.29, 1.82) is 0 Å². The molecule has 0 atom stereocenters. The zero-order valence-corrected chi connectivity index (χ0v) is 8.42. The number of alkyl halides is 2. The Kier molecular flexibility index (Phi) is 3.26. The maximum Gasteiger partial charge on any atom is 0.280 e. The number of aromatic nitrogens is 1. The first kappa shape index (κ1) is 10.5. The van der Waals surface area contributed by atoms with E-state index in [4.69, 9.17) is 0 Å². The highest BCUT2D eigenvalue weighted by Crippen LogP contribution is 2.31. The Morgan fingerprint density at radius 3 is 2.73 bits per heavy atom. The maximum atomic E-state index is 12.7. The fourth-order valence-electron chi connectivity index (χ4n) is 2.09. The number of nitrogens with one attached hydrogen (secondary N) is 1. The van der Waals surface area contributed by atoms with Crippen LogP contribution in [0.3, 0.4) is 0 Å². The quantitative estimate of drug-likeness (QED) is 0.814. The van der Waals surface area contributed by atoms with Gasteiger partial charge in [0.05, 0.1) is 0 Å². The first-order chi connectivity index (χ1) is 7.29. The van der Waals surface area contributed by atoms with E-state index in [1.54, 1.807) is 12.1 Å². The van der Waals surface area contributed by atoms with Crippen molar-refractivity contribution in [2.75, 3.05) is 13.1 Å². The second-order valence-electron chi connectivity index (χ2n) is 3.80. The third kappa shape index (κ3) is 2.31. The molecule has 0 bridgehead atoms. The van der Waals surface area contributed by atoms with Gasteiger partial charge in [-0.15, -0.1) is 0 Å². The molecule has 1 N–H and O–H groups in total. The molecule has 4 heteroatoms. The SMILES string of the molecule is FC(F)c1ncccc1C1CCNCC1. The molecule has 2 heterocycles. The fraction of sp³-hybridized carbons (Fsp3) is 0.545. The molecule has 1 aromatic rings. The zero-order chi connectivity index (χ0) is 10.7. The molecule has 1 fully saturated rings. The molecule has 1 aromatic heterocycles. The Balaban J connectivity index is 2.25. The highest BCUT2D eigenvalue weighted by Gasteiger charge is 2.22. The van der Waals surface area contributed by atoms with Crippen LogP contribution >= 0.6 is 0 Å². The summed E-state index contributed by atoms with van der Waals surface area (Å²) in [6.45, 7) is 1.81. The Hall–Kier alpha value is -1.03. The Labute approximate surface area is 87.7 Å². The summed E-state index contributed by atoms with van der Waals surface area (Å²) in [6.07, 6.45) is 0.819. The van der Waals surface area contributed by atoms with Crippen molar-refractivity contribution >= 4 is 0 Å². The van der Waals surface area contributed by atoms with Crippen molar-refractivity contribution in [2.45, 2.75) is 25.2 Å². The second-order valence-corrected chi connectivity index (χ2v) is 3.80. The van der Waals surface area contributed by atoms with E-state index in [0.29, 0.717) is 0 Å². The molecule has 0 radical (unpaired) electrons. The molecular formula is C11H14F2N2. The van der Waals surface area contributed by atoms with E-state index in [-0.39, 0.29) is 11.6 Å². The number of hydrogen-bond donors (Lipinski definition) is 1. The molecule has 2 nitrogen and oxygen atoms in total. The van der Waals surface area contributed by atoms with Crippen molar-refractivity contribution in [3.8, 4) is 0 Å². The standard InChI is InChI=1S/C11H14F2N2/c12-11(13)10-9(2-1-5-15-10)8-3-6-14-7-4-8/h1-2,5,8,11,14H,3-4,6-7H2. The number of hydrogen-bond acceptors (Lipinski definition) is 2. The smallest absolute Gasteiger partial charge is 0.280 e.